The van der Waals surface area contributed by atoms with E-state index in [1.165, 1.54) is 54.3 Å². The summed E-state index contributed by atoms with van der Waals surface area (Å²) < 4.78 is 11.3. The molecule has 0 unspecified atom stereocenters. The fourth-order valence-electron chi connectivity index (χ4n) is 12.2. The van der Waals surface area contributed by atoms with E-state index in [1.54, 1.807) is 31.8 Å². The van der Waals surface area contributed by atoms with Crippen LogP contribution >= 0.6 is 0 Å². The first-order valence-corrected chi connectivity index (χ1v) is 29.8. The number of aromatic nitrogens is 18. The minimum absolute atomic E-state index is 0.518. The molecule has 90 heavy (non-hydrogen) atoms. The molecule has 3 amide bonds. The zero-order valence-corrected chi connectivity index (χ0v) is 50.3. The number of nitrogens with two attached hydrogens (primary N) is 3. The van der Waals surface area contributed by atoms with Gasteiger partial charge in [-0.15, -0.1) is 0 Å². The molecule has 12 aromatic rings. The van der Waals surface area contributed by atoms with Crippen LogP contribution in [0.5, 0.6) is 0 Å². The number of carbonyl (C=O) groups excluding carboxylic acids is 3. The van der Waals surface area contributed by atoms with Crippen LogP contribution in [-0.2, 0) is 59.7 Å². The molecule has 0 aromatic carbocycles. The van der Waals surface area contributed by atoms with Crippen molar-refractivity contribution in [1.82, 2.24) is 88.1 Å². The van der Waals surface area contributed by atoms with Crippen LogP contribution in [-0.4, -0.2) is 106 Å². The van der Waals surface area contributed by atoms with Crippen molar-refractivity contribution in [3.8, 4) is 67.5 Å². The number of pyridine rings is 6. The van der Waals surface area contributed by atoms with E-state index in [4.69, 9.17) is 47.4 Å². The lowest BCUT2D eigenvalue weighted by molar-refractivity contribution is -0.114. The molecule has 0 atom stereocenters. The molecule has 15 heterocycles. The molecule has 450 valence electrons. The van der Waals surface area contributed by atoms with Crippen molar-refractivity contribution >= 4 is 52.9 Å². The van der Waals surface area contributed by atoms with Crippen LogP contribution in [0.25, 0.3) is 103 Å². The zero-order chi connectivity index (χ0) is 62.3. The van der Waals surface area contributed by atoms with Crippen LogP contribution in [0.4, 0.5) is 0 Å². The van der Waals surface area contributed by atoms with E-state index in [9.17, 15) is 14.4 Å². The number of aryl methyl sites for hydroxylation is 8. The number of carbonyl (C=O) groups is 3. The molecule has 3 aliphatic rings. The number of hydrogen-bond donors (Lipinski definition) is 3. The highest BCUT2D eigenvalue weighted by Crippen LogP contribution is 2.43. The van der Waals surface area contributed by atoms with Crippen molar-refractivity contribution in [3.05, 3.63) is 178 Å². The lowest BCUT2D eigenvalue weighted by atomic mass is 9.97. The molecule has 24 nitrogen and oxygen atoms in total. The normalized spacial score (nSPS) is 13.4. The summed E-state index contributed by atoms with van der Waals surface area (Å²) in [6.45, 7) is 12.8. The molecule has 0 spiro atoms. The smallest absolute Gasteiger partial charge is 0.241 e. The van der Waals surface area contributed by atoms with Gasteiger partial charge in [0.2, 0.25) is 17.7 Å². The van der Waals surface area contributed by atoms with Gasteiger partial charge in [-0.25, -0.2) is 28.5 Å². The van der Waals surface area contributed by atoms with Crippen molar-refractivity contribution in [3.63, 3.8) is 0 Å². The van der Waals surface area contributed by atoms with Crippen molar-refractivity contribution in [2.75, 3.05) is 0 Å². The van der Waals surface area contributed by atoms with E-state index >= 15 is 0 Å². The second kappa shape index (κ2) is 24.0. The molecule has 6 N–H and O–H groups in total. The van der Waals surface area contributed by atoms with E-state index in [2.05, 4.69) is 76.3 Å². The fraction of sp³-hybridized carbons (Fsp3) is 0.227. The summed E-state index contributed by atoms with van der Waals surface area (Å²) in [5.74, 6) is -1.56. The quantitative estimate of drug-likeness (QED) is 0.0918. The average Bonchev–Trinajstić information content (AvgIpc) is 1.73. The van der Waals surface area contributed by atoms with Crippen LogP contribution < -0.4 is 17.2 Å². The van der Waals surface area contributed by atoms with Gasteiger partial charge in [0.25, 0.3) is 0 Å². The van der Waals surface area contributed by atoms with Crippen molar-refractivity contribution < 1.29 is 14.4 Å². The summed E-state index contributed by atoms with van der Waals surface area (Å²) in [4.78, 5) is 61.6. The lowest BCUT2D eigenvalue weighted by Crippen LogP contribution is -2.06. The van der Waals surface area contributed by atoms with Crippen LogP contribution in [0.1, 0.15) is 88.6 Å². The summed E-state index contributed by atoms with van der Waals surface area (Å²) >= 11 is 0. The van der Waals surface area contributed by atoms with E-state index in [0.29, 0.717) is 16.9 Å². The van der Waals surface area contributed by atoms with Gasteiger partial charge in [-0.2, -0.15) is 30.6 Å². The van der Waals surface area contributed by atoms with E-state index in [-0.39, 0.29) is 0 Å². The number of nitrogens with zero attached hydrogens (tertiary/aromatic N) is 18. The van der Waals surface area contributed by atoms with E-state index in [1.807, 2.05) is 81.4 Å². The third-order valence-electron chi connectivity index (χ3n) is 16.3. The van der Waals surface area contributed by atoms with Crippen molar-refractivity contribution in [1.29, 1.82) is 0 Å². The first-order valence-electron chi connectivity index (χ1n) is 29.8. The second-order valence-electron chi connectivity index (χ2n) is 22.3. The summed E-state index contributed by atoms with van der Waals surface area (Å²) in [7, 11) is 0. The Hall–Kier alpha value is -11.4. The highest BCUT2D eigenvalue weighted by atomic mass is 16.1. The minimum atomic E-state index is -0.519. The number of hydrogen-bond acceptors (Lipinski definition) is 15. The highest BCUT2D eigenvalue weighted by Gasteiger charge is 2.30. The maximum absolute atomic E-state index is 11.5. The molecule has 0 bridgehead atoms. The number of primary amides is 3. The van der Waals surface area contributed by atoms with Gasteiger partial charge in [0.05, 0.1) is 34.2 Å². The summed E-state index contributed by atoms with van der Waals surface area (Å²) in [6, 6.07) is 26.0. The van der Waals surface area contributed by atoms with Crippen molar-refractivity contribution in [2.24, 2.45) is 17.2 Å². The van der Waals surface area contributed by atoms with Gasteiger partial charge in [-0.05, 0) is 169 Å². The largest absolute Gasteiger partial charge is 0.366 e. The van der Waals surface area contributed by atoms with Gasteiger partial charge >= 0.3 is 0 Å². The minimum Gasteiger partial charge on any atom is -0.366 e. The van der Waals surface area contributed by atoms with Crippen LogP contribution in [0.15, 0.2) is 116 Å². The second-order valence-corrected chi connectivity index (χ2v) is 22.3. The molecule has 0 saturated carbocycles. The van der Waals surface area contributed by atoms with Crippen LogP contribution in [0, 0.1) is 27.7 Å². The lowest BCUT2D eigenvalue weighted by Gasteiger charge is -2.11. The van der Waals surface area contributed by atoms with E-state index in [0.717, 1.165) is 177 Å². The Bertz CT molecular complexity index is 4910. The first kappa shape index (κ1) is 57.6. The van der Waals surface area contributed by atoms with Gasteiger partial charge in [-0.1, -0.05) is 19.1 Å². The summed E-state index contributed by atoms with van der Waals surface area (Å²) in [5.41, 5.74) is 40.0. The Morgan fingerprint density at radius 1 is 0.489 bits per heavy atom. The zero-order valence-electron chi connectivity index (χ0n) is 50.3. The van der Waals surface area contributed by atoms with Crippen LogP contribution in [0.2, 0.25) is 0 Å². The van der Waals surface area contributed by atoms with Gasteiger partial charge in [0, 0.05) is 105 Å². The van der Waals surface area contributed by atoms with Gasteiger partial charge in [-0.3, -0.25) is 43.4 Å². The number of amides is 3. The summed E-state index contributed by atoms with van der Waals surface area (Å²) in [6.07, 6.45) is 20.4. The molecular formula is C66H63N21O3. The third kappa shape index (κ3) is 11.0. The molecule has 24 heteroatoms. The Morgan fingerprint density at radius 3 is 1.31 bits per heavy atom. The molecular weight excluding hydrogens is 1130 g/mol. The number of rotatable bonds is 13. The Labute approximate surface area is 515 Å². The first-order chi connectivity index (χ1) is 43.7. The predicted octanol–water partition coefficient (Wildman–Crippen LogP) is 8.09. The fourth-order valence-corrected chi connectivity index (χ4v) is 12.2. The Morgan fingerprint density at radius 2 is 0.911 bits per heavy atom. The monoisotopic (exact) mass is 1200 g/mol. The van der Waals surface area contributed by atoms with Crippen LogP contribution in [0.3, 0.4) is 0 Å². The molecule has 0 saturated heterocycles. The summed E-state index contributed by atoms with van der Waals surface area (Å²) in [5, 5.41) is 27.8. The number of fused-ring (bicyclic) bond motifs is 6. The molecule has 0 aliphatic carbocycles. The Balaban J connectivity index is 0.000000124. The molecule has 0 radical (unpaired) electrons. The standard InChI is InChI=1S/3C22H21N7O/c1-13-10-14(2)26-16(11-13)22-21(18-4-3-9-28(18)27-22)15-5-8-20-24-12-25-29(20)17(15)6-7-19(23)30;1-13-5-7-16(26-14(13)2)22-21(18-4-3-11-28(18)27-22)15-6-10-20-24-12-25-29(20)17(15)8-9-19(23)30;1-2-14-5-3-6-16(26-14)22-21(18-7-4-12-28(18)27-22)15-8-11-20-24-13-25-29(20)17(15)9-10-19(23)30/h5-8,10-12H,3-4,9H2,1-2H3,(H2,23,30);5-10,12H,3-4,11H2,1-2H3,(H2,23,30);3,5-6,8-11,13H,2,4,7,12H2,1H3,(H2,23,30)/b7-6+;9-8+;10-9+. The van der Waals surface area contributed by atoms with E-state index < -0.39 is 17.7 Å². The maximum Gasteiger partial charge on any atom is 0.241 e. The molecule has 0 fully saturated rings. The SMILES string of the molecule is CCc1cccc(-c2nn3c(c2-c2ccc4ncnn4c2/C=C/C(N)=O)CCC3)n1.Cc1cc(C)nc(-c2nn3c(c2-c2ccc4ncnn4c2/C=C/C(N)=O)CCC3)c1.Cc1ccc(-c2nn3c(c2-c2ccc4ncnn4c2/C=C/C(N)=O)CCC3)nc1C. The highest BCUT2D eigenvalue weighted by molar-refractivity contribution is 5.96. The van der Waals surface area contributed by atoms with Crippen molar-refractivity contribution in [2.45, 2.75) is 99.2 Å². The predicted molar refractivity (Wildman–Crippen MR) is 340 cm³/mol. The van der Waals surface area contributed by atoms with Gasteiger partial charge in [0.15, 0.2) is 16.9 Å². The third-order valence-corrected chi connectivity index (χ3v) is 16.3. The molecule has 3 aliphatic heterocycles. The molecule has 12 aromatic heterocycles. The topological polar surface area (TPSA) is 312 Å². The van der Waals surface area contributed by atoms with Gasteiger partial charge < -0.3 is 17.2 Å². The average molecular weight is 1200 g/mol. The maximum atomic E-state index is 11.5. The van der Waals surface area contributed by atoms with Gasteiger partial charge in [0.1, 0.15) is 36.1 Å². The molecule has 15 rings (SSSR count). The Kier molecular flexibility index (Phi) is 15.4.